The van der Waals surface area contributed by atoms with Crippen LogP contribution in [0.1, 0.15) is 0 Å². The highest BCUT2D eigenvalue weighted by atomic mass is 16.4. The van der Waals surface area contributed by atoms with E-state index in [1.54, 1.807) is 0 Å². The smallest absolute Gasteiger partial charge is 0.339 e. The Kier molecular flexibility index (Phi) is 1.48. The van der Waals surface area contributed by atoms with Gasteiger partial charge < -0.3 is 14.6 Å². The molecule has 0 fully saturated rings. The molecule has 2 aromatic rings. The van der Waals surface area contributed by atoms with Gasteiger partial charge in [-0.05, 0) is 18.2 Å². The van der Waals surface area contributed by atoms with Crippen molar-refractivity contribution in [3.8, 4) is 11.5 Å². The van der Waals surface area contributed by atoms with Crippen LogP contribution >= 0.6 is 0 Å². The van der Waals surface area contributed by atoms with Gasteiger partial charge in [-0.2, -0.15) is 0 Å². The van der Waals surface area contributed by atoms with E-state index in [1.165, 1.54) is 18.2 Å². The van der Waals surface area contributed by atoms with Crippen molar-refractivity contribution in [1.29, 1.82) is 0 Å². The average Bonchev–Trinajstić information content (AvgIpc) is 2.06. The third-order valence-corrected chi connectivity index (χ3v) is 1.70. The molecule has 1 aromatic heterocycles. The maximum Gasteiger partial charge on any atom is 0.339 e. The third-order valence-electron chi connectivity index (χ3n) is 1.70. The molecule has 0 aliphatic rings. The second-order valence-electron chi connectivity index (χ2n) is 2.63. The summed E-state index contributed by atoms with van der Waals surface area (Å²) in [6, 6.07) is 5.09. The molecule has 0 atom stereocenters. The molecule has 0 unspecified atom stereocenters. The fraction of sp³-hybridized carbons (Fsp3) is 0. The summed E-state index contributed by atoms with van der Waals surface area (Å²) in [4.78, 5) is 10.8. The first kappa shape index (κ1) is 7.67. The molecule has 0 saturated heterocycles. The number of hydrogen-bond donors (Lipinski definition) is 2. The van der Waals surface area contributed by atoms with Crippen molar-refractivity contribution < 1.29 is 14.6 Å². The summed E-state index contributed by atoms with van der Waals surface area (Å²) < 4.78 is 4.77. The maximum absolute atomic E-state index is 10.8. The Hall–Kier alpha value is -1.97. The minimum Gasteiger partial charge on any atom is -0.508 e. The SMILES string of the molecule is O=c1cc(O)c2cc(O)ccc2o1. The molecule has 0 aliphatic heterocycles. The van der Waals surface area contributed by atoms with Crippen LogP contribution in [-0.2, 0) is 0 Å². The molecule has 0 spiro atoms. The Balaban J connectivity index is 2.95. The van der Waals surface area contributed by atoms with E-state index < -0.39 is 5.63 Å². The quantitative estimate of drug-likeness (QED) is 0.594. The average molecular weight is 178 g/mol. The summed E-state index contributed by atoms with van der Waals surface area (Å²) in [5.74, 6) is -0.182. The van der Waals surface area contributed by atoms with Crippen LogP contribution < -0.4 is 5.63 Å². The third kappa shape index (κ3) is 1.22. The maximum atomic E-state index is 10.8. The number of rotatable bonds is 0. The normalized spacial score (nSPS) is 10.5. The topological polar surface area (TPSA) is 70.7 Å². The standard InChI is InChI=1S/C9H6O4/c10-5-1-2-8-6(3-5)7(11)4-9(12)13-8/h1-4,10-11H. The van der Waals surface area contributed by atoms with Crippen molar-refractivity contribution in [3.05, 3.63) is 34.7 Å². The lowest BCUT2D eigenvalue weighted by atomic mass is 10.2. The molecule has 4 nitrogen and oxygen atoms in total. The van der Waals surface area contributed by atoms with Crippen LogP contribution in [0, 0.1) is 0 Å². The fourth-order valence-corrected chi connectivity index (χ4v) is 1.13. The van der Waals surface area contributed by atoms with Crippen molar-refractivity contribution in [2.45, 2.75) is 0 Å². The van der Waals surface area contributed by atoms with E-state index in [9.17, 15) is 9.90 Å². The van der Waals surface area contributed by atoms with Gasteiger partial charge in [0.15, 0.2) is 0 Å². The van der Waals surface area contributed by atoms with E-state index >= 15 is 0 Å². The van der Waals surface area contributed by atoms with E-state index in [4.69, 9.17) is 9.52 Å². The number of phenolic OH excluding ortho intramolecular Hbond substituents is 1. The molecule has 4 heteroatoms. The van der Waals surface area contributed by atoms with E-state index in [0.29, 0.717) is 5.39 Å². The van der Waals surface area contributed by atoms with E-state index in [0.717, 1.165) is 6.07 Å². The molecular formula is C9H6O4. The van der Waals surface area contributed by atoms with Crippen LogP contribution in [0.4, 0.5) is 0 Å². The Morgan fingerprint density at radius 2 is 1.92 bits per heavy atom. The van der Waals surface area contributed by atoms with Gasteiger partial charge >= 0.3 is 5.63 Å². The highest BCUT2D eigenvalue weighted by Gasteiger charge is 2.04. The van der Waals surface area contributed by atoms with Gasteiger partial charge in [-0.3, -0.25) is 0 Å². The van der Waals surface area contributed by atoms with Gasteiger partial charge in [-0.1, -0.05) is 0 Å². The van der Waals surface area contributed by atoms with Gasteiger partial charge in [0.05, 0.1) is 11.5 Å². The summed E-state index contributed by atoms with van der Waals surface area (Å²) >= 11 is 0. The lowest BCUT2D eigenvalue weighted by Gasteiger charge is -1.98. The Labute approximate surface area is 72.7 Å². The monoisotopic (exact) mass is 178 g/mol. The Morgan fingerprint density at radius 1 is 1.15 bits per heavy atom. The van der Waals surface area contributed by atoms with Crippen LogP contribution in [0.25, 0.3) is 11.0 Å². The molecule has 2 N–H and O–H groups in total. The van der Waals surface area contributed by atoms with Gasteiger partial charge in [-0.15, -0.1) is 0 Å². The van der Waals surface area contributed by atoms with Crippen LogP contribution in [0.5, 0.6) is 11.5 Å². The van der Waals surface area contributed by atoms with E-state index in [2.05, 4.69) is 0 Å². The lowest BCUT2D eigenvalue weighted by Crippen LogP contribution is -1.94. The van der Waals surface area contributed by atoms with Crippen LogP contribution in [0.3, 0.4) is 0 Å². The van der Waals surface area contributed by atoms with Crippen molar-refractivity contribution in [2.24, 2.45) is 0 Å². The van der Waals surface area contributed by atoms with Gasteiger partial charge in [0.25, 0.3) is 0 Å². The Morgan fingerprint density at radius 3 is 2.69 bits per heavy atom. The zero-order chi connectivity index (χ0) is 9.42. The highest BCUT2D eigenvalue weighted by molar-refractivity contribution is 5.83. The number of fused-ring (bicyclic) bond motifs is 1. The first-order chi connectivity index (χ1) is 6.16. The van der Waals surface area contributed by atoms with Crippen LogP contribution in [0.2, 0.25) is 0 Å². The number of benzene rings is 1. The van der Waals surface area contributed by atoms with Gasteiger partial charge in [0.2, 0.25) is 0 Å². The summed E-state index contributed by atoms with van der Waals surface area (Å²) in [7, 11) is 0. The molecule has 0 saturated carbocycles. The molecule has 13 heavy (non-hydrogen) atoms. The van der Waals surface area contributed by atoms with E-state index in [1.807, 2.05) is 0 Å². The van der Waals surface area contributed by atoms with E-state index in [-0.39, 0.29) is 17.1 Å². The number of aromatic hydroxyl groups is 2. The van der Waals surface area contributed by atoms with Crippen LogP contribution in [-0.4, -0.2) is 10.2 Å². The highest BCUT2D eigenvalue weighted by Crippen LogP contribution is 2.25. The molecule has 0 amide bonds. The summed E-state index contributed by atoms with van der Waals surface area (Å²) in [6.07, 6.45) is 0. The minimum absolute atomic E-state index is 0.0108. The molecule has 1 heterocycles. The van der Waals surface area contributed by atoms with Gasteiger partial charge in [-0.25, -0.2) is 4.79 Å². The molecular weight excluding hydrogens is 172 g/mol. The second kappa shape index (κ2) is 2.52. The molecule has 2 rings (SSSR count). The number of hydrogen-bond acceptors (Lipinski definition) is 4. The summed E-state index contributed by atoms with van der Waals surface area (Å²) in [5, 5.41) is 18.7. The van der Waals surface area contributed by atoms with Crippen molar-refractivity contribution >= 4 is 11.0 Å². The van der Waals surface area contributed by atoms with Crippen molar-refractivity contribution in [2.75, 3.05) is 0 Å². The molecule has 0 radical (unpaired) electrons. The summed E-state index contributed by atoms with van der Waals surface area (Å²) in [6.45, 7) is 0. The van der Waals surface area contributed by atoms with Gasteiger partial charge in [0, 0.05) is 0 Å². The fourth-order valence-electron chi connectivity index (χ4n) is 1.13. The zero-order valence-electron chi connectivity index (χ0n) is 6.52. The number of phenols is 1. The first-order valence-electron chi connectivity index (χ1n) is 3.62. The molecule has 0 aliphatic carbocycles. The second-order valence-corrected chi connectivity index (χ2v) is 2.63. The zero-order valence-corrected chi connectivity index (χ0v) is 6.52. The summed E-state index contributed by atoms with van der Waals surface area (Å²) in [5.41, 5.74) is -0.363. The predicted octanol–water partition coefficient (Wildman–Crippen LogP) is 1.20. The van der Waals surface area contributed by atoms with Crippen LogP contribution in [0.15, 0.2) is 33.5 Å². The molecule has 66 valence electrons. The molecule has 0 bridgehead atoms. The lowest BCUT2D eigenvalue weighted by molar-refractivity contribution is 0.462. The van der Waals surface area contributed by atoms with Gasteiger partial charge in [0.1, 0.15) is 17.1 Å². The van der Waals surface area contributed by atoms with Crippen molar-refractivity contribution in [3.63, 3.8) is 0 Å². The Bertz CT molecular complexity index is 512. The van der Waals surface area contributed by atoms with Crippen molar-refractivity contribution in [1.82, 2.24) is 0 Å². The first-order valence-corrected chi connectivity index (χ1v) is 3.62. The predicted molar refractivity (Wildman–Crippen MR) is 45.8 cm³/mol. The largest absolute Gasteiger partial charge is 0.508 e. The molecule has 1 aromatic carbocycles. The minimum atomic E-state index is -0.615.